The molecule has 0 amide bonds. The zero-order chi connectivity index (χ0) is 27.8. The zero-order valence-corrected chi connectivity index (χ0v) is 27.4. The smallest absolute Gasteiger partial charge is 0.313 e. The number of carbonyl (C=O) groups is 1. The largest absolute Gasteiger partial charge is 0.543 e. The molecule has 0 radical (unpaired) electrons. The second kappa shape index (κ2) is 9.09. The minimum atomic E-state index is -1.93. The molecule has 0 N–H and O–H groups in total. The quantitative estimate of drug-likeness (QED) is 0.214. The van der Waals surface area contributed by atoms with Crippen LogP contribution in [0.5, 0.6) is 5.75 Å². The van der Waals surface area contributed by atoms with Gasteiger partial charge in [-0.1, -0.05) is 66.7 Å². The Bertz CT molecular complexity index is 1090. The Kier molecular flexibility index (Phi) is 7.03. The molecule has 0 saturated carbocycles. The fraction of sp³-hybridized carbons (Fsp3) is 0.710. The fourth-order valence-corrected chi connectivity index (χ4v) is 8.12. The van der Waals surface area contributed by atoms with E-state index in [0.29, 0.717) is 18.4 Å². The maximum Gasteiger partial charge on any atom is 0.313 e. The van der Waals surface area contributed by atoms with Crippen molar-refractivity contribution in [3.8, 4) is 5.75 Å². The molecule has 5 atom stereocenters. The minimum Gasteiger partial charge on any atom is -0.543 e. The van der Waals surface area contributed by atoms with Crippen molar-refractivity contribution in [3.63, 3.8) is 0 Å². The molecule has 0 spiro atoms. The van der Waals surface area contributed by atoms with E-state index in [1.54, 1.807) is 0 Å². The van der Waals surface area contributed by atoms with Crippen molar-refractivity contribution in [2.45, 2.75) is 117 Å². The highest BCUT2D eigenvalue weighted by Gasteiger charge is 2.56. The van der Waals surface area contributed by atoms with Crippen LogP contribution in [0.1, 0.15) is 77.5 Å². The van der Waals surface area contributed by atoms with Crippen molar-refractivity contribution < 1.29 is 18.4 Å². The van der Waals surface area contributed by atoms with E-state index in [1.165, 1.54) is 16.7 Å². The first-order valence-corrected chi connectivity index (χ1v) is 19.9. The van der Waals surface area contributed by atoms with Crippen molar-refractivity contribution in [2.75, 3.05) is 6.61 Å². The maximum absolute atomic E-state index is 13.3. The highest BCUT2D eigenvalue weighted by Crippen LogP contribution is 2.59. The number of ether oxygens (including phenoxy) is 1. The summed E-state index contributed by atoms with van der Waals surface area (Å²) < 4.78 is 19.3. The average Bonchev–Trinajstić information content (AvgIpc) is 3.13. The van der Waals surface area contributed by atoms with Gasteiger partial charge in [0.25, 0.3) is 0 Å². The first-order valence-electron chi connectivity index (χ1n) is 14.1. The van der Waals surface area contributed by atoms with Gasteiger partial charge < -0.3 is 13.6 Å². The predicted molar refractivity (Wildman–Crippen MR) is 157 cm³/mol. The van der Waals surface area contributed by atoms with E-state index in [9.17, 15) is 4.79 Å². The molecule has 2 aliphatic carbocycles. The molecule has 1 aromatic rings. The third-order valence-electron chi connectivity index (χ3n) is 10.7. The van der Waals surface area contributed by atoms with Crippen molar-refractivity contribution in [1.29, 1.82) is 0 Å². The van der Waals surface area contributed by atoms with Gasteiger partial charge in [0.15, 0.2) is 8.32 Å². The van der Waals surface area contributed by atoms with Crippen molar-refractivity contribution >= 4 is 22.6 Å². The van der Waals surface area contributed by atoms with Gasteiger partial charge in [0, 0.05) is 5.92 Å². The lowest BCUT2D eigenvalue weighted by Crippen LogP contribution is -2.52. The monoisotopic (exact) mass is 542 g/mol. The van der Waals surface area contributed by atoms with Crippen LogP contribution < -0.4 is 4.43 Å². The van der Waals surface area contributed by atoms with Crippen LogP contribution in [0.3, 0.4) is 0 Å². The minimum absolute atomic E-state index is 0.0816. The molecule has 1 fully saturated rings. The lowest BCUT2D eigenvalue weighted by atomic mass is 9.57. The molecule has 1 aromatic carbocycles. The average molecular weight is 543 g/mol. The molecule has 1 aliphatic heterocycles. The summed E-state index contributed by atoms with van der Waals surface area (Å²) in [6.45, 7) is 27.8. The van der Waals surface area contributed by atoms with E-state index < -0.39 is 16.6 Å². The Morgan fingerprint density at radius 1 is 1.00 bits per heavy atom. The lowest BCUT2D eigenvalue weighted by molar-refractivity contribution is -0.176. The lowest BCUT2D eigenvalue weighted by Gasteiger charge is -2.50. The number of allylic oxidation sites excluding steroid dienone is 1. The molecule has 4 nitrogen and oxygen atoms in total. The van der Waals surface area contributed by atoms with Gasteiger partial charge in [-0.25, -0.2) is 0 Å². The standard InChI is InChI=1S/C31H50O4Si2/c1-20-24-17-26-23(22(24)14-16-27(20)35-37(11,12)30(5,6)7)13-15-25-28(32)34-21(18-31(25,26)8)19-33-36(9,10)29(2,3)4/h13-16,21,23,25-26H,17-19H2,1-12H3/t21-,23+,25+,26-,31-/m0/s1. The highest BCUT2D eigenvalue weighted by atomic mass is 28.4. The van der Waals surface area contributed by atoms with E-state index in [4.69, 9.17) is 13.6 Å². The zero-order valence-electron chi connectivity index (χ0n) is 25.4. The van der Waals surface area contributed by atoms with Gasteiger partial charge in [0.05, 0.1) is 12.5 Å². The number of hydrogen-bond acceptors (Lipinski definition) is 4. The fourth-order valence-electron chi connectivity index (χ4n) is 6.01. The summed E-state index contributed by atoms with van der Waals surface area (Å²) in [4.78, 5) is 13.3. The summed E-state index contributed by atoms with van der Waals surface area (Å²) in [5, 5.41) is 0.283. The van der Waals surface area contributed by atoms with Crippen LogP contribution in [0, 0.1) is 24.2 Å². The molecule has 0 unspecified atom stereocenters. The Morgan fingerprint density at radius 2 is 1.62 bits per heavy atom. The molecule has 0 bridgehead atoms. The highest BCUT2D eigenvalue weighted by molar-refractivity contribution is 6.75. The number of rotatable bonds is 5. The number of fused-ring (bicyclic) bond motifs is 5. The summed E-state index contributed by atoms with van der Waals surface area (Å²) in [5.41, 5.74) is 3.96. The topological polar surface area (TPSA) is 44.8 Å². The third-order valence-corrected chi connectivity index (χ3v) is 19.5. The van der Waals surface area contributed by atoms with E-state index in [1.807, 2.05) is 0 Å². The summed E-state index contributed by atoms with van der Waals surface area (Å²) >= 11 is 0. The SMILES string of the molecule is Cc1c(O[Si](C)(C)C(C)(C)C)ccc2c1C[C@H]1[C@@H]2C=C[C@@H]2C(=O)O[C@H](CO[Si](C)(C)C(C)(C)C)C[C@@]21C. The summed E-state index contributed by atoms with van der Waals surface area (Å²) in [7, 11) is -3.85. The Balaban J connectivity index is 1.59. The first kappa shape index (κ1) is 28.6. The van der Waals surface area contributed by atoms with E-state index >= 15 is 0 Å². The Morgan fingerprint density at radius 3 is 2.22 bits per heavy atom. The van der Waals surface area contributed by atoms with Crippen LogP contribution in [0.4, 0.5) is 0 Å². The van der Waals surface area contributed by atoms with Crippen LogP contribution in [0.2, 0.25) is 36.3 Å². The summed E-state index contributed by atoms with van der Waals surface area (Å²) in [6, 6.07) is 4.49. The van der Waals surface area contributed by atoms with E-state index in [2.05, 4.69) is 106 Å². The second-order valence-electron chi connectivity index (χ2n) is 15.2. The van der Waals surface area contributed by atoms with Gasteiger partial charge in [-0.2, -0.15) is 0 Å². The predicted octanol–water partition coefficient (Wildman–Crippen LogP) is 8.16. The van der Waals surface area contributed by atoms with Crippen LogP contribution in [0.25, 0.3) is 0 Å². The van der Waals surface area contributed by atoms with Crippen LogP contribution in [0.15, 0.2) is 24.3 Å². The molecular formula is C31H50O4Si2. The molecule has 0 aromatic heterocycles. The van der Waals surface area contributed by atoms with Crippen LogP contribution in [-0.4, -0.2) is 35.3 Å². The molecule has 206 valence electrons. The Labute approximate surface area is 227 Å². The molecule has 37 heavy (non-hydrogen) atoms. The third kappa shape index (κ3) is 4.91. The summed E-state index contributed by atoms with van der Waals surface area (Å²) in [5.74, 6) is 1.49. The van der Waals surface area contributed by atoms with Crippen molar-refractivity contribution in [3.05, 3.63) is 41.0 Å². The molecular weight excluding hydrogens is 493 g/mol. The first-order chi connectivity index (χ1) is 16.8. The van der Waals surface area contributed by atoms with Gasteiger partial charge in [0.1, 0.15) is 11.9 Å². The number of carbonyl (C=O) groups excluding carboxylic acids is 1. The van der Waals surface area contributed by atoms with Crippen LogP contribution in [-0.2, 0) is 20.4 Å². The number of cyclic esters (lactones) is 1. The summed E-state index contributed by atoms with van der Waals surface area (Å²) in [6.07, 6.45) is 6.08. The van der Waals surface area contributed by atoms with Gasteiger partial charge in [-0.05, 0) is 90.1 Å². The maximum atomic E-state index is 13.3. The second-order valence-corrected chi connectivity index (χ2v) is 24.7. The van der Waals surface area contributed by atoms with E-state index in [-0.39, 0.29) is 33.5 Å². The normalized spacial score (nSPS) is 29.9. The molecule has 6 heteroatoms. The molecule has 1 saturated heterocycles. The number of esters is 1. The van der Waals surface area contributed by atoms with Gasteiger partial charge in [-0.15, -0.1) is 0 Å². The molecule has 1 heterocycles. The van der Waals surface area contributed by atoms with Crippen LogP contribution >= 0.6 is 0 Å². The number of hydrogen-bond donors (Lipinski definition) is 0. The Hall–Kier alpha value is -1.38. The van der Waals surface area contributed by atoms with Gasteiger partial charge in [0.2, 0.25) is 8.32 Å². The van der Waals surface area contributed by atoms with Gasteiger partial charge in [-0.3, -0.25) is 4.79 Å². The van der Waals surface area contributed by atoms with Crippen molar-refractivity contribution in [2.24, 2.45) is 17.3 Å². The molecule has 3 aliphatic rings. The van der Waals surface area contributed by atoms with Crippen molar-refractivity contribution in [1.82, 2.24) is 0 Å². The van der Waals surface area contributed by atoms with E-state index in [0.717, 1.165) is 18.6 Å². The molecule has 4 rings (SSSR count). The van der Waals surface area contributed by atoms with Gasteiger partial charge >= 0.3 is 5.97 Å². The number of benzene rings is 1.